The molecule has 0 N–H and O–H groups in total. The highest BCUT2D eigenvalue weighted by Gasteiger charge is 2.27. The molecule has 1 heterocycles. The molecule has 0 atom stereocenters. The van der Waals surface area contributed by atoms with Crippen LogP contribution in [0.3, 0.4) is 0 Å². The van der Waals surface area contributed by atoms with Crippen molar-refractivity contribution >= 4 is 17.5 Å². The second kappa shape index (κ2) is 8.43. The molecule has 0 aromatic heterocycles. The van der Waals surface area contributed by atoms with E-state index in [9.17, 15) is 4.79 Å². The number of carbonyl (C=O) groups is 1. The molecule has 0 spiro atoms. The maximum atomic E-state index is 13.0. The van der Waals surface area contributed by atoms with Crippen LogP contribution in [0.1, 0.15) is 15.9 Å². The van der Waals surface area contributed by atoms with Gasteiger partial charge in [0.15, 0.2) is 0 Å². The summed E-state index contributed by atoms with van der Waals surface area (Å²) in [5.41, 5.74) is 1.71. The molecule has 0 bridgehead atoms. The molecule has 0 unspecified atom stereocenters. The van der Waals surface area contributed by atoms with Crippen LogP contribution in [-0.4, -0.2) is 56.1 Å². The lowest BCUT2D eigenvalue weighted by Gasteiger charge is -2.35. The van der Waals surface area contributed by atoms with Crippen LogP contribution in [0, 0.1) is 0 Å². The number of hydrogen-bond acceptors (Lipinski definition) is 4. The Kier molecular flexibility index (Phi) is 6.01. The Morgan fingerprint density at radius 2 is 1.54 bits per heavy atom. The molecule has 1 amide bonds. The molecule has 2 aromatic carbocycles. The van der Waals surface area contributed by atoms with Crippen molar-refractivity contribution in [1.82, 2.24) is 9.80 Å². The highest BCUT2D eigenvalue weighted by molar-refractivity contribution is 6.30. The monoisotopic (exact) mass is 374 g/mol. The minimum atomic E-state index is -0.0505. The smallest absolute Gasteiger partial charge is 0.261 e. The van der Waals surface area contributed by atoms with Gasteiger partial charge in [0.05, 0.1) is 14.2 Å². The summed E-state index contributed by atoms with van der Waals surface area (Å²) >= 11 is 5.94. The lowest BCUT2D eigenvalue weighted by atomic mass is 10.1. The molecule has 0 radical (unpaired) electrons. The molecular formula is C20H23ClN2O3. The van der Waals surface area contributed by atoms with E-state index in [1.165, 1.54) is 5.56 Å². The molecule has 1 saturated heterocycles. The maximum absolute atomic E-state index is 13.0. The number of nitrogens with zero attached hydrogens (tertiary/aromatic N) is 2. The van der Waals surface area contributed by atoms with Gasteiger partial charge in [-0.25, -0.2) is 0 Å². The average Bonchev–Trinajstić information content (AvgIpc) is 2.69. The van der Waals surface area contributed by atoms with E-state index in [0.717, 1.165) is 24.7 Å². The van der Waals surface area contributed by atoms with E-state index in [-0.39, 0.29) is 5.91 Å². The second-order valence-electron chi connectivity index (χ2n) is 6.23. The van der Waals surface area contributed by atoms with Crippen molar-refractivity contribution in [3.8, 4) is 11.5 Å². The number of rotatable bonds is 5. The summed E-state index contributed by atoms with van der Waals surface area (Å²) in [5, 5.41) is 0.745. The van der Waals surface area contributed by atoms with Crippen molar-refractivity contribution in [1.29, 1.82) is 0 Å². The van der Waals surface area contributed by atoms with Crippen molar-refractivity contribution < 1.29 is 14.3 Å². The van der Waals surface area contributed by atoms with Crippen molar-refractivity contribution in [3.05, 3.63) is 58.6 Å². The van der Waals surface area contributed by atoms with Crippen LogP contribution < -0.4 is 9.47 Å². The third-order valence-electron chi connectivity index (χ3n) is 4.62. The van der Waals surface area contributed by atoms with Gasteiger partial charge in [-0.1, -0.05) is 29.8 Å². The van der Waals surface area contributed by atoms with Crippen LogP contribution in [-0.2, 0) is 6.54 Å². The fourth-order valence-electron chi connectivity index (χ4n) is 3.18. The van der Waals surface area contributed by atoms with E-state index in [2.05, 4.69) is 4.90 Å². The lowest BCUT2D eigenvalue weighted by Crippen LogP contribution is -2.48. The lowest BCUT2D eigenvalue weighted by molar-refractivity contribution is 0.0622. The summed E-state index contributed by atoms with van der Waals surface area (Å²) in [6.07, 6.45) is 0. The Morgan fingerprint density at radius 1 is 0.962 bits per heavy atom. The molecule has 2 aromatic rings. The Hall–Kier alpha value is -2.24. The van der Waals surface area contributed by atoms with E-state index in [1.807, 2.05) is 35.2 Å². The number of hydrogen-bond donors (Lipinski definition) is 0. The van der Waals surface area contributed by atoms with Crippen molar-refractivity contribution in [2.75, 3.05) is 40.4 Å². The number of piperazine rings is 1. The van der Waals surface area contributed by atoms with Crippen LogP contribution in [0.5, 0.6) is 11.5 Å². The van der Waals surface area contributed by atoms with Gasteiger partial charge < -0.3 is 14.4 Å². The minimum Gasteiger partial charge on any atom is -0.496 e. The normalized spacial score (nSPS) is 15.0. The molecule has 1 fully saturated rings. The fraction of sp³-hybridized carbons (Fsp3) is 0.350. The third kappa shape index (κ3) is 4.11. The first-order valence-corrected chi connectivity index (χ1v) is 8.97. The molecule has 26 heavy (non-hydrogen) atoms. The zero-order valence-electron chi connectivity index (χ0n) is 15.1. The zero-order valence-corrected chi connectivity index (χ0v) is 15.8. The van der Waals surface area contributed by atoms with Gasteiger partial charge in [-0.15, -0.1) is 0 Å². The molecule has 6 heteroatoms. The fourth-order valence-corrected chi connectivity index (χ4v) is 3.30. The molecule has 1 aliphatic heterocycles. The van der Waals surface area contributed by atoms with Gasteiger partial charge >= 0.3 is 0 Å². The van der Waals surface area contributed by atoms with Crippen LogP contribution in [0.25, 0.3) is 0 Å². The Morgan fingerprint density at radius 3 is 2.08 bits per heavy atom. The van der Waals surface area contributed by atoms with E-state index < -0.39 is 0 Å². The predicted molar refractivity (Wildman–Crippen MR) is 102 cm³/mol. The molecule has 0 aliphatic carbocycles. The molecule has 0 saturated carbocycles. The van der Waals surface area contributed by atoms with Gasteiger partial charge in [-0.05, 0) is 29.8 Å². The average molecular weight is 375 g/mol. The number of methoxy groups -OCH3 is 2. The summed E-state index contributed by atoms with van der Waals surface area (Å²) in [6.45, 7) is 3.86. The summed E-state index contributed by atoms with van der Waals surface area (Å²) in [5.74, 6) is 1.03. The predicted octanol–water partition coefficient (Wildman–Crippen LogP) is 3.32. The highest BCUT2D eigenvalue weighted by Crippen LogP contribution is 2.30. The highest BCUT2D eigenvalue weighted by atomic mass is 35.5. The first-order chi connectivity index (χ1) is 12.6. The van der Waals surface area contributed by atoms with Crippen molar-refractivity contribution in [3.63, 3.8) is 0 Å². The first kappa shape index (κ1) is 18.5. The second-order valence-corrected chi connectivity index (χ2v) is 6.67. The Bertz CT molecular complexity index is 734. The van der Waals surface area contributed by atoms with E-state index >= 15 is 0 Å². The number of halogens is 1. The van der Waals surface area contributed by atoms with E-state index in [0.29, 0.717) is 30.2 Å². The van der Waals surface area contributed by atoms with Gasteiger partial charge in [-0.2, -0.15) is 0 Å². The maximum Gasteiger partial charge on any atom is 0.261 e. The van der Waals surface area contributed by atoms with Gasteiger partial charge in [-0.3, -0.25) is 9.69 Å². The van der Waals surface area contributed by atoms with Crippen molar-refractivity contribution in [2.45, 2.75) is 6.54 Å². The SMILES string of the molecule is COc1cccc(OC)c1C(=O)N1CCN(Cc2ccc(Cl)cc2)CC1. The molecule has 138 valence electrons. The number of amides is 1. The van der Waals surface area contributed by atoms with Crippen LogP contribution in [0.2, 0.25) is 5.02 Å². The third-order valence-corrected chi connectivity index (χ3v) is 4.87. The zero-order chi connectivity index (χ0) is 18.5. The minimum absolute atomic E-state index is 0.0505. The summed E-state index contributed by atoms with van der Waals surface area (Å²) in [6, 6.07) is 13.3. The van der Waals surface area contributed by atoms with Crippen LogP contribution in [0.15, 0.2) is 42.5 Å². The molecule has 5 nitrogen and oxygen atoms in total. The van der Waals surface area contributed by atoms with E-state index in [4.69, 9.17) is 21.1 Å². The van der Waals surface area contributed by atoms with Gasteiger partial charge in [0.25, 0.3) is 5.91 Å². The van der Waals surface area contributed by atoms with Crippen LogP contribution in [0.4, 0.5) is 0 Å². The molecular weight excluding hydrogens is 352 g/mol. The molecule has 3 rings (SSSR count). The molecule has 1 aliphatic rings. The van der Waals surface area contributed by atoms with Gasteiger partial charge in [0.2, 0.25) is 0 Å². The van der Waals surface area contributed by atoms with E-state index in [1.54, 1.807) is 26.4 Å². The number of carbonyl (C=O) groups excluding carboxylic acids is 1. The summed E-state index contributed by atoms with van der Waals surface area (Å²) in [4.78, 5) is 17.2. The summed E-state index contributed by atoms with van der Waals surface area (Å²) in [7, 11) is 3.13. The largest absolute Gasteiger partial charge is 0.496 e. The van der Waals surface area contributed by atoms with Crippen molar-refractivity contribution in [2.24, 2.45) is 0 Å². The quantitative estimate of drug-likeness (QED) is 0.805. The van der Waals surface area contributed by atoms with Gasteiger partial charge in [0, 0.05) is 37.7 Å². The standard InChI is InChI=1S/C20H23ClN2O3/c1-25-17-4-3-5-18(26-2)19(17)20(24)23-12-10-22(11-13-23)14-15-6-8-16(21)9-7-15/h3-9H,10-14H2,1-2H3. The van der Waals surface area contributed by atoms with Gasteiger partial charge in [0.1, 0.15) is 17.1 Å². The first-order valence-electron chi connectivity index (χ1n) is 8.59. The number of benzene rings is 2. The Labute approximate surface area is 159 Å². The number of ether oxygens (including phenoxy) is 2. The van der Waals surface area contributed by atoms with Crippen LogP contribution >= 0.6 is 11.6 Å². The summed E-state index contributed by atoms with van der Waals surface area (Å²) < 4.78 is 10.7. The Balaban J connectivity index is 1.65. The topological polar surface area (TPSA) is 42.0 Å².